The molecule has 120 valence electrons. The van der Waals surface area contributed by atoms with Crippen molar-refractivity contribution in [2.45, 2.75) is 6.92 Å². The van der Waals surface area contributed by atoms with Crippen molar-refractivity contribution in [2.24, 2.45) is 0 Å². The highest BCUT2D eigenvalue weighted by Crippen LogP contribution is 2.29. The first-order valence-electron chi connectivity index (χ1n) is 6.59. The molecule has 0 fully saturated rings. The van der Waals surface area contributed by atoms with Crippen molar-refractivity contribution < 1.29 is 19.4 Å². The number of esters is 1. The van der Waals surface area contributed by atoms with Gasteiger partial charge < -0.3 is 15.2 Å². The van der Waals surface area contributed by atoms with Gasteiger partial charge in [-0.05, 0) is 30.7 Å². The average Bonchev–Trinajstić information content (AvgIpc) is 2.51. The average molecular weight is 354 g/mol. The fraction of sp³-hybridized carbons (Fsp3) is 0.125. The molecule has 7 heteroatoms. The van der Waals surface area contributed by atoms with Gasteiger partial charge in [0, 0.05) is 0 Å². The van der Waals surface area contributed by atoms with Gasteiger partial charge >= 0.3 is 5.97 Å². The number of hydrogen-bond donors (Lipinski definition) is 2. The molecule has 0 atom stereocenters. The number of anilines is 1. The first-order valence-corrected chi connectivity index (χ1v) is 7.35. The summed E-state index contributed by atoms with van der Waals surface area (Å²) in [5, 5.41) is 12.8. The van der Waals surface area contributed by atoms with E-state index in [9.17, 15) is 14.7 Å². The van der Waals surface area contributed by atoms with Crippen molar-refractivity contribution in [2.75, 3.05) is 11.9 Å². The first kappa shape index (κ1) is 17.1. The third-order valence-electron chi connectivity index (χ3n) is 3.02. The maximum Gasteiger partial charge on any atom is 0.342 e. The third kappa shape index (κ3) is 4.15. The second-order valence-electron chi connectivity index (χ2n) is 4.69. The Morgan fingerprint density at radius 1 is 1.13 bits per heavy atom. The number of ether oxygens (including phenoxy) is 1. The van der Waals surface area contributed by atoms with E-state index in [4.69, 9.17) is 27.9 Å². The zero-order valence-electron chi connectivity index (χ0n) is 12.1. The van der Waals surface area contributed by atoms with Crippen LogP contribution in [0.5, 0.6) is 5.75 Å². The van der Waals surface area contributed by atoms with Crippen molar-refractivity contribution in [3.05, 3.63) is 57.6 Å². The summed E-state index contributed by atoms with van der Waals surface area (Å²) in [6.07, 6.45) is 0. The molecular formula is C16H13Cl2NO4. The van der Waals surface area contributed by atoms with Crippen LogP contribution in [-0.2, 0) is 9.53 Å². The second-order valence-corrected chi connectivity index (χ2v) is 5.51. The third-order valence-corrected chi connectivity index (χ3v) is 3.65. The molecule has 2 aromatic carbocycles. The molecule has 2 aromatic rings. The van der Waals surface area contributed by atoms with Crippen LogP contribution in [0.4, 0.5) is 5.69 Å². The summed E-state index contributed by atoms with van der Waals surface area (Å²) in [7, 11) is 0. The zero-order valence-corrected chi connectivity index (χ0v) is 13.6. The van der Waals surface area contributed by atoms with Crippen LogP contribution in [0.2, 0.25) is 10.0 Å². The number of aromatic hydroxyl groups is 1. The van der Waals surface area contributed by atoms with E-state index in [0.29, 0.717) is 5.56 Å². The smallest absolute Gasteiger partial charge is 0.342 e. The highest BCUT2D eigenvalue weighted by atomic mass is 35.5. The summed E-state index contributed by atoms with van der Waals surface area (Å²) in [6, 6.07) is 9.45. The lowest BCUT2D eigenvalue weighted by molar-refractivity contribution is -0.119. The number of carbonyl (C=O) groups is 2. The van der Waals surface area contributed by atoms with Crippen LogP contribution in [0.15, 0.2) is 36.4 Å². The van der Waals surface area contributed by atoms with Crippen LogP contribution in [0, 0.1) is 6.92 Å². The van der Waals surface area contributed by atoms with Gasteiger partial charge in [0.1, 0.15) is 11.3 Å². The van der Waals surface area contributed by atoms with E-state index < -0.39 is 18.5 Å². The maximum absolute atomic E-state index is 11.9. The van der Waals surface area contributed by atoms with Gasteiger partial charge in [-0.1, -0.05) is 41.4 Å². The fourth-order valence-corrected chi connectivity index (χ4v) is 2.32. The number of amides is 1. The number of rotatable bonds is 4. The molecule has 0 unspecified atom stereocenters. The summed E-state index contributed by atoms with van der Waals surface area (Å²) >= 11 is 11.9. The summed E-state index contributed by atoms with van der Waals surface area (Å²) < 4.78 is 4.88. The summed E-state index contributed by atoms with van der Waals surface area (Å²) in [5.41, 5.74) is 0.774. The van der Waals surface area contributed by atoms with Crippen molar-refractivity contribution in [1.29, 1.82) is 0 Å². The number of carbonyl (C=O) groups excluding carboxylic acids is 2. The van der Waals surface area contributed by atoms with Crippen molar-refractivity contribution in [1.82, 2.24) is 0 Å². The number of benzene rings is 2. The van der Waals surface area contributed by atoms with Gasteiger partial charge in [0.2, 0.25) is 0 Å². The highest BCUT2D eigenvalue weighted by Gasteiger charge is 2.16. The normalized spacial score (nSPS) is 10.2. The van der Waals surface area contributed by atoms with E-state index in [-0.39, 0.29) is 27.0 Å². The Kier molecular flexibility index (Phi) is 5.47. The van der Waals surface area contributed by atoms with Gasteiger partial charge in [-0.15, -0.1) is 0 Å². The van der Waals surface area contributed by atoms with Crippen LogP contribution < -0.4 is 5.32 Å². The molecule has 23 heavy (non-hydrogen) atoms. The van der Waals surface area contributed by atoms with Gasteiger partial charge in [0.15, 0.2) is 6.61 Å². The van der Waals surface area contributed by atoms with Gasteiger partial charge in [0.05, 0.1) is 15.7 Å². The fourth-order valence-electron chi connectivity index (χ4n) is 1.83. The molecule has 0 bridgehead atoms. The number of para-hydroxylation sites is 2. The van der Waals surface area contributed by atoms with E-state index in [2.05, 4.69) is 5.32 Å². The van der Waals surface area contributed by atoms with Gasteiger partial charge in [-0.25, -0.2) is 4.79 Å². The molecule has 2 rings (SSSR count). The van der Waals surface area contributed by atoms with Crippen LogP contribution in [0.3, 0.4) is 0 Å². The quantitative estimate of drug-likeness (QED) is 0.819. The minimum Gasteiger partial charge on any atom is -0.507 e. The Bertz CT molecular complexity index is 741. The van der Waals surface area contributed by atoms with Crippen LogP contribution in [0.1, 0.15) is 15.9 Å². The van der Waals surface area contributed by atoms with Crippen molar-refractivity contribution >= 4 is 40.8 Å². The Morgan fingerprint density at radius 2 is 1.74 bits per heavy atom. The van der Waals surface area contributed by atoms with Gasteiger partial charge in [0.25, 0.3) is 5.91 Å². The Labute approximate surface area is 142 Å². The van der Waals surface area contributed by atoms with E-state index >= 15 is 0 Å². The Morgan fingerprint density at radius 3 is 2.39 bits per heavy atom. The van der Waals surface area contributed by atoms with E-state index in [1.165, 1.54) is 6.07 Å². The molecule has 0 saturated heterocycles. The number of hydrogen-bond acceptors (Lipinski definition) is 4. The number of halogens is 2. The lowest BCUT2D eigenvalue weighted by atomic mass is 10.1. The molecule has 0 spiro atoms. The maximum atomic E-state index is 11.9. The number of aryl methyl sites for hydroxylation is 1. The lowest BCUT2D eigenvalue weighted by Gasteiger charge is -2.10. The summed E-state index contributed by atoms with van der Waals surface area (Å²) in [6.45, 7) is 1.12. The molecule has 0 saturated carbocycles. The van der Waals surface area contributed by atoms with E-state index in [1.54, 1.807) is 37.3 Å². The molecule has 0 aliphatic heterocycles. The zero-order chi connectivity index (χ0) is 17.0. The highest BCUT2D eigenvalue weighted by molar-refractivity contribution is 6.39. The molecule has 5 nitrogen and oxygen atoms in total. The monoisotopic (exact) mass is 353 g/mol. The van der Waals surface area contributed by atoms with Crippen LogP contribution in [-0.4, -0.2) is 23.6 Å². The summed E-state index contributed by atoms with van der Waals surface area (Å²) in [5.74, 6) is -1.57. The van der Waals surface area contributed by atoms with Gasteiger partial charge in [-0.2, -0.15) is 0 Å². The van der Waals surface area contributed by atoms with Crippen molar-refractivity contribution in [3.63, 3.8) is 0 Å². The molecule has 0 radical (unpaired) electrons. The number of phenols is 1. The molecule has 0 heterocycles. The molecular weight excluding hydrogens is 341 g/mol. The van der Waals surface area contributed by atoms with E-state index in [1.807, 2.05) is 0 Å². The molecule has 0 aromatic heterocycles. The second kappa shape index (κ2) is 7.35. The Hall–Kier alpha value is -2.24. The van der Waals surface area contributed by atoms with Gasteiger partial charge in [-0.3, -0.25) is 4.79 Å². The molecule has 1 amide bonds. The molecule has 0 aliphatic rings. The largest absolute Gasteiger partial charge is 0.507 e. The lowest BCUT2D eigenvalue weighted by Crippen LogP contribution is -2.21. The minimum absolute atomic E-state index is 0.00595. The topological polar surface area (TPSA) is 75.6 Å². The molecule has 2 N–H and O–H groups in total. The predicted molar refractivity (Wildman–Crippen MR) is 88.2 cm³/mol. The van der Waals surface area contributed by atoms with E-state index in [0.717, 1.165) is 0 Å². The molecule has 0 aliphatic carbocycles. The first-order chi connectivity index (χ1) is 10.9. The number of phenolic OH excluding ortho intramolecular Hbond substituents is 1. The standard InChI is InChI=1S/C16H13Cl2NO4/c1-9-4-2-5-10(15(9)21)16(22)23-8-13(20)19-14-11(17)6-3-7-12(14)18/h2-7,21H,8H2,1H3,(H,19,20). The van der Waals surface area contributed by atoms with Crippen LogP contribution >= 0.6 is 23.2 Å². The predicted octanol–water partition coefficient (Wildman–Crippen LogP) is 3.80. The van der Waals surface area contributed by atoms with Crippen LogP contribution in [0.25, 0.3) is 0 Å². The Balaban J connectivity index is 1.99. The van der Waals surface area contributed by atoms with Crippen molar-refractivity contribution in [3.8, 4) is 5.75 Å². The SMILES string of the molecule is Cc1cccc(C(=O)OCC(=O)Nc2c(Cl)cccc2Cl)c1O. The number of nitrogens with one attached hydrogen (secondary N) is 1. The summed E-state index contributed by atoms with van der Waals surface area (Å²) in [4.78, 5) is 23.7. The minimum atomic E-state index is -0.799.